The Hall–Kier alpha value is -1.78. The molecule has 0 saturated carbocycles. The predicted octanol–water partition coefficient (Wildman–Crippen LogP) is 2.50. The molecular formula is C13H10O3S. The first kappa shape index (κ1) is 11.7. The third-order valence-corrected chi connectivity index (χ3v) is 3.03. The van der Waals surface area contributed by atoms with Gasteiger partial charge in [-0.1, -0.05) is 30.3 Å². The van der Waals surface area contributed by atoms with Crippen molar-refractivity contribution < 1.29 is 13.6 Å². The smallest absolute Gasteiger partial charge is 0.193 e. The van der Waals surface area contributed by atoms with Crippen LogP contribution in [0.3, 0.4) is 0 Å². The van der Waals surface area contributed by atoms with Gasteiger partial charge in [-0.2, -0.15) is 0 Å². The van der Waals surface area contributed by atoms with Gasteiger partial charge in [-0.3, -0.25) is 4.79 Å². The van der Waals surface area contributed by atoms with Crippen LogP contribution in [0, 0.1) is 0 Å². The normalized spacial score (nSPS) is 12.1. The highest BCUT2D eigenvalue weighted by atomic mass is 32.2. The highest BCUT2D eigenvalue weighted by Crippen LogP contribution is 2.12. The minimum absolute atomic E-state index is 0.0964. The lowest BCUT2D eigenvalue weighted by Crippen LogP contribution is -2.01. The van der Waals surface area contributed by atoms with Gasteiger partial charge in [0.15, 0.2) is 16.9 Å². The molecule has 0 heterocycles. The number of hydrogen-bond donors (Lipinski definition) is 1. The zero-order chi connectivity index (χ0) is 12.3. The van der Waals surface area contributed by atoms with Crippen molar-refractivity contribution in [2.45, 2.75) is 4.90 Å². The molecule has 1 unspecified atom stereocenters. The Balaban J connectivity index is 2.30. The van der Waals surface area contributed by atoms with Crippen molar-refractivity contribution in [2.24, 2.45) is 0 Å². The van der Waals surface area contributed by atoms with Crippen LogP contribution in [0.25, 0.3) is 0 Å². The van der Waals surface area contributed by atoms with E-state index in [0.717, 1.165) is 0 Å². The molecule has 0 bridgehead atoms. The molecule has 0 amide bonds. The first-order chi connectivity index (χ1) is 8.18. The number of hydrogen-bond acceptors (Lipinski definition) is 2. The van der Waals surface area contributed by atoms with Crippen LogP contribution < -0.4 is 0 Å². The van der Waals surface area contributed by atoms with Gasteiger partial charge >= 0.3 is 0 Å². The van der Waals surface area contributed by atoms with E-state index in [1.807, 2.05) is 6.07 Å². The lowest BCUT2D eigenvalue weighted by Gasteiger charge is -2.01. The third-order valence-electron chi connectivity index (χ3n) is 2.35. The van der Waals surface area contributed by atoms with Gasteiger partial charge in [-0.15, -0.1) is 0 Å². The molecule has 0 aromatic heterocycles. The third kappa shape index (κ3) is 2.67. The van der Waals surface area contributed by atoms with Crippen LogP contribution in [0.4, 0.5) is 0 Å². The second-order valence-electron chi connectivity index (χ2n) is 3.47. The summed E-state index contributed by atoms with van der Waals surface area (Å²) < 4.78 is 19.6. The molecule has 2 aromatic rings. The van der Waals surface area contributed by atoms with Crippen LogP contribution in [0.5, 0.6) is 0 Å². The van der Waals surface area contributed by atoms with Crippen molar-refractivity contribution in [1.29, 1.82) is 0 Å². The summed E-state index contributed by atoms with van der Waals surface area (Å²) in [5.41, 5.74) is 1.11. The van der Waals surface area contributed by atoms with Crippen molar-refractivity contribution in [3.05, 3.63) is 65.7 Å². The number of benzene rings is 2. The summed E-state index contributed by atoms with van der Waals surface area (Å²) in [6.45, 7) is 0. The Morgan fingerprint density at radius 3 is 1.94 bits per heavy atom. The highest BCUT2D eigenvalue weighted by Gasteiger charge is 2.08. The van der Waals surface area contributed by atoms with Crippen LogP contribution in [0.1, 0.15) is 15.9 Å². The van der Waals surface area contributed by atoms with E-state index in [1.165, 1.54) is 12.1 Å². The van der Waals surface area contributed by atoms with Crippen LogP contribution in [-0.2, 0) is 11.1 Å². The molecule has 0 spiro atoms. The maximum absolute atomic E-state index is 12.0. The van der Waals surface area contributed by atoms with Crippen molar-refractivity contribution in [3.8, 4) is 0 Å². The summed E-state index contributed by atoms with van der Waals surface area (Å²) >= 11 is -2.01. The van der Waals surface area contributed by atoms with Gasteiger partial charge in [0.2, 0.25) is 0 Å². The quantitative estimate of drug-likeness (QED) is 0.668. The molecule has 4 heteroatoms. The Morgan fingerprint density at radius 1 is 0.882 bits per heavy atom. The second-order valence-corrected chi connectivity index (χ2v) is 4.44. The summed E-state index contributed by atoms with van der Waals surface area (Å²) in [6, 6.07) is 15.0. The zero-order valence-electron chi connectivity index (χ0n) is 8.87. The van der Waals surface area contributed by atoms with Crippen LogP contribution in [-0.4, -0.2) is 14.5 Å². The van der Waals surface area contributed by atoms with E-state index in [9.17, 15) is 9.00 Å². The molecule has 17 heavy (non-hydrogen) atoms. The standard InChI is InChI=1S/C13H10O3S/c14-13(10-4-2-1-3-5-10)11-6-8-12(9-7-11)17(15)16/h1-9H,(H,15,16). The molecule has 0 aliphatic rings. The number of ketones is 1. The van der Waals surface area contributed by atoms with Crippen molar-refractivity contribution in [1.82, 2.24) is 0 Å². The first-order valence-electron chi connectivity index (χ1n) is 4.99. The molecule has 2 rings (SSSR count). The Kier molecular flexibility index (Phi) is 3.46. The number of rotatable bonds is 3. The van der Waals surface area contributed by atoms with Gasteiger partial charge in [-0.05, 0) is 24.3 Å². The maximum atomic E-state index is 12.0. The number of carbonyl (C=O) groups excluding carboxylic acids is 1. The summed E-state index contributed by atoms with van der Waals surface area (Å²) in [4.78, 5) is 12.3. The minimum Gasteiger partial charge on any atom is -0.302 e. The van der Waals surface area contributed by atoms with E-state index >= 15 is 0 Å². The van der Waals surface area contributed by atoms with Crippen molar-refractivity contribution in [3.63, 3.8) is 0 Å². The highest BCUT2D eigenvalue weighted by molar-refractivity contribution is 7.79. The van der Waals surface area contributed by atoms with Gasteiger partial charge in [0, 0.05) is 11.1 Å². The van der Waals surface area contributed by atoms with Gasteiger partial charge in [0.25, 0.3) is 0 Å². The van der Waals surface area contributed by atoms with Crippen LogP contribution in [0.2, 0.25) is 0 Å². The summed E-state index contributed by atoms with van der Waals surface area (Å²) in [5.74, 6) is -0.0964. The minimum atomic E-state index is -2.01. The van der Waals surface area contributed by atoms with Gasteiger partial charge < -0.3 is 4.55 Å². The topological polar surface area (TPSA) is 54.4 Å². The average Bonchev–Trinajstić information content (AvgIpc) is 2.39. The molecule has 0 radical (unpaired) electrons. The largest absolute Gasteiger partial charge is 0.302 e. The molecule has 0 fully saturated rings. The molecule has 1 atom stereocenters. The van der Waals surface area contributed by atoms with Crippen LogP contribution in [0.15, 0.2) is 59.5 Å². The molecule has 86 valence electrons. The Labute approximate surface area is 101 Å². The molecule has 1 N–H and O–H groups in total. The molecule has 0 aliphatic carbocycles. The second kappa shape index (κ2) is 5.03. The fraction of sp³-hybridized carbons (Fsp3) is 0. The summed E-state index contributed by atoms with van der Waals surface area (Å²) in [6.07, 6.45) is 0. The zero-order valence-corrected chi connectivity index (χ0v) is 9.68. The predicted molar refractivity (Wildman–Crippen MR) is 65.4 cm³/mol. The molecular weight excluding hydrogens is 236 g/mol. The molecule has 3 nitrogen and oxygen atoms in total. The van der Waals surface area contributed by atoms with Gasteiger partial charge in [-0.25, -0.2) is 4.21 Å². The molecule has 0 aliphatic heterocycles. The van der Waals surface area contributed by atoms with Gasteiger partial charge in [0.1, 0.15) is 0 Å². The maximum Gasteiger partial charge on any atom is 0.193 e. The fourth-order valence-corrected chi connectivity index (χ4v) is 1.85. The van der Waals surface area contributed by atoms with E-state index in [2.05, 4.69) is 0 Å². The molecule has 0 saturated heterocycles. The Morgan fingerprint density at radius 2 is 1.41 bits per heavy atom. The monoisotopic (exact) mass is 246 g/mol. The van der Waals surface area contributed by atoms with Crippen molar-refractivity contribution >= 4 is 16.9 Å². The summed E-state index contributed by atoms with van der Waals surface area (Å²) in [5, 5.41) is 0. The SMILES string of the molecule is O=C(c1ccccc1)c1ccc(S(=O)O)cc1. The Bertz CT molecular complexity index is 547. The number of carbonyl (C=O) groups is 1. The lowest BCUT2D eigenvalue weighted by atomic mass is 10.0. The lowest BCUT2D eigenvalue weighted by molar-refractivity contribution is 0.103. The van der Waals surface area contributed by atoms with E-state index in [-0.39, 0.29) is 10.7 Å². The fourth-order valence-electron chi connectivity index (χ4n) is 1.48. The van der Waals surface area contributed by atoms with E-state index in [0.29, 0.717) is 11.1 Å². The van der Waals surface area contributed by atoms with E-state index in [1.54, 1.807) is 36.4 Å². The van der Waals surface area contributed by atoms with Gasteiger partial charge in [0.05, 0.1) is 4.90 Å². The first-order valence-corrected chi connectivity index (χ1v) is 6.10. The van der Waals surface area contributed by atoms with Crippen LogP contribution >= 0.6 is 0 Å². The van der Waals surface area contributed by atoms with Crippen molar-refractivity contribution in [2.75, 3.05) is 0 Å². The van der Waals surface area contributed by atoms with E-state index < -0.39 is 11.1 Å². The average molecular weight is 246 g/mol. The molecule has 2 aromatic carbocycles. The summed E-state index contributed by atoms with van der Waals surface area (Å²) in [7, 11) is 0. The van der Waals surface area contributed by atoms with E-state index in [4.69, 9.17) is 4.55 Å².